The lowest BCUT2D eigenvalue weighted by atomic mass is 10.2. The molecule has 4 heteroatoms. The van der Waals surface area contributed by atoms with Gasteiger partial charge in [-0.25, -0.2) is 4.79 Å². The molecule has 1 atom stereocenters. The normalized spacial score (nSPS) is 21.9. The summed E-state index contributed by atoms with van der Waals surface area (Å²) in [6.07, 6.45) is 3.01. The third-order valence-electron chi connectivity index (χ3n) is 2.38. The predicted octanol–water partition coefficient (Wildman–Crippen LogP) is 1.13. The summed E-state index contributed by atoms with van der Waals surface area (Å²) in [5.74, 6) is -0.756. The van der Waals surface area contributed by atoms with Gasteiger partial charge in [0.05, 0.1) is 0 Å². The Morgan fingerprint density at radius 1 is 1.57 bits per heavy atom. The van der Waals surface area contributed by atoms with Crippen molar-refractivity contribution in [3.05, 3.63) is 0 Å². The van der Waals surface area contributed by atoms with Crippen molar-refractivity contribution >= 4 is 5.97 Å². The smallest absolute Gasteiger partial charge is 0.335 e. The molecule has 0 aromatic heterocycles. The zero-order chi connectivity index (χ0) is 9.68. The number of carbonyl (C=O) groups is 1. The van der Waals surface area contributed by atoms with Crippen LogP contribution in [0.2, 0.25) is 0 Å². The highest BCUT2D eigenvalue weighted by molar-refractivity contribution is 5.73. The third-order valence-corrected chi connectivity index (χ3v) is 2.38. The second-order valence-electron chi connectivity index (χ2n) is 3.44. The topological polar surface area (TPSA) is 52.6 Å². The maximum absolute atomic E-state index is 10.7. The molecule has 0 aromatic carbocycles. The first kappa shape index (κ1) is 13.4. The number of rotatable bonds is 5. The van der Waals surface area contributed by atoms with E-state index in [0.29, 0.717) is 0 Å². The largest absolute Gasteiger partial charge is 0.479 e. The number of aliphatic carboxylic acids is 1. The Bertz CT molecular complexity index is 174. The second-order valence-corrected chi connectivity index (χ2v) is 3.44. The first-order valence-electron chi connectivity index (χ1n) is 4.96. The average Bonchev–Trinajstić information content (AvgIpc) is 2.53. The summed E-state index contributed by atoms with van der Waals surface area (Å²) in [5.41, 5.74) is 0. The van der Waals surface area contributed by atoms with Gasteiger partial charge >= 0.3 is 5.97 Å². The SMILES string of the molecule is C.CCCCCN1CCNC1C(=O)O. The quantitative estimate of drug-likeness (QED) is 0.656. The number of unbranched alkanes of at least 4 members (excludes halogenated alkanes) is 2. The van der Waals surface area contributed by atoms with E-state index in [-0.39, 0.29) is 7.43 Å². The van der Waals surface area contributed by atoms with Crippen molar-refractivity contribution < 1.29 is 9.90 Å². The Morgan fingerprint density at radius 3 is 2.86 bits per heavy atom. The van der Waals surface area contributed by atoms with Crippen LogP contribution in [0.4, 0.5) is 0 Å². The van der Waals surface area contributed by atoms with Crippen LogP contribution < -0.4 is 5.32 Å². The molecule has 0 saturated carbocycles. The van der Waals surface area contributed by atoms with E-state index in [1.807, 2.05) is 4.90 Å². The van der Waals surface area contributed by atoms with Crippen LogP contribution in [0.25, 0.3) is 0 Å². The predicted molar refractivity (Wildman–Crippen MR) is 57.3 cm³/mol. The third kappa shape index (κ3) is 3.64. The van der Waals surface area contributed by atoms with Crippen LogP contribution in [0.3, 0.4) is 0 Å². The summed E-state index contributed by atoms with van der Waals surface area (Å²) in [4.78, 5) is 12.7. The molecule has 0 spiro atoms. The summed E-state index contributed by atoms with van der Waals surface area (Å²) < 4.78 is 0. The van der Waals surface area contributed by atoms with E-state index >= 15 is 0 Å². The second kappa shape index (κ2) is 6.79. The minimum atomic E-state index is -0.756. The fourth-order valence-corrected chi connectivity index (χ4v) is 1.65. The summed E-state index contributed by atoms with van der Waals surface area (Å²) in [6, 6.07) is 0. The molecule has 0 radical (unpaired) electrons. The number of hydrogen-bond donors (Lipinski definition) is 2. The van der Waals surface area contributed by atoms with Gasteiger partial charge in [-0.2, -0.15) is 0 Å². The molecule has 4 nitrogen and oxygen atoms in total. The molecule has 0 amide bonds. The molecule has 14 heavy (non-hydrogen) atoms. The fourth-order valence-electron chi connectivity index (χ4n) is 1.65. The van der Waals surface area contributed by atoms with E-state index in [1.165, 1.54) is 12.8 Å². The van der Waals surface area contributed by atoms with Crippen LogP contribution in [0.15, 0.2) is 0 Å². The molecule has 1 rings (SSSR count). The van der Waals surface area contributed by atoms with Gasteiger partial charge in [0.15, 0.2) is 6.17 Å². The lowest BCUT2D eigenvalue weighted by Gasteiger charge is -2.19. The van der Waals surface area contributed by atoms with Crippen LogP contribution >= 0.6 is 0 Å². The van der Waals surface area contributed by atoms with E-state index in [2.05, 4.69) is 12.2 Å². The van der Waals surface area contributed by atoms with Crippen molar-refractivity contribution in [2.75, 3.05) is 19.6 Å². The van der Waals surface area contributed by atoms with Gasteiger partial charge in [0.1, 0.15) is 0 Å². The molecule has 0 bridgehead atoms. The van der Waals surface area contributed by atoms with Crippen LogP contribution in [0, 0.1) is 0 Å². The van der Waals surface area contributed by atoms with Crippen LogP contribution in [0.5, 0.6) is 0 Å². The fraction of sp³-hybridized carbons (Fsp3) is 0.900. The monoisotopic (exact) mass is 202 g/mol. The lowest BCUT2D eigenvalue weighted by molar-refractivity contribution is -0.142. The van der Waals surface area contributed by atoms with Gasteiger partial charge in [-0.3, -0.25) is 10.2 Å². The number of carboxylic acids is 1. The highest BCUT2D eigenvalue weighted by atomic mass is 16.4. The first-order valence-corrected chi connectivity index (χ1v) is 4.96. The van der Waals surface area contributed by atoms with Gasteiger partial charge in [-0.05, 0) is 6.42 Å². The molecule has 1 aliphatic heterocycles. The molecule has 1 saturated heterocycles. The van der Waals surface area contributed by atoms with Crippen molar-refractivity contribution in [1.29, 1.82) is 0 Å². The van der Waals surface area contributed by atoms with Gasteiger partial charge in [0.25, 0.3) is 0 Å². The maximum Gasteiger partial charge on any atom is 0.335 e. The maximum atomic E-state index is 10.7. The first-order chi connectivity index (χ1) is 6.25. The van der Waals surface area contributed by atoms with Crippen molar-refractivity contribution in [2.24, 2.45) is 0 Å². The highest BCUT2D eigenvalue weighted by Crippen LogP contribution is 2.06. The molecule has 84 valence electrons. The van der Waals surface area contributed by atoms with Crippen molar-refractivity contribution in [2.45, 2.75) is 39.8 Å². The van der Waals surface area contributed by atoms with E-state index in [1.54, 1.807) is 0 Å². The Labute approximate surface area is 86.3 Å². The van der Waals surface area contributed by atoms with E-state index in [0.717, 1.165) is 26.1 Å². The summed E-state index contributed by atoms with van der Waals surface area (Å²) in [5, 5.41) is 11.8. The molecular weight excluding hydrogens is 180 g/mol. The standard InChI is InChI=1S/C9H18N2O2.CH4/c1-2-3-4-6-11-7-5-10-8(11)9(12)13;/h8,10H,2-7H2,1H3,(H,12,13);1H4. The Balaban J connectivity index is 0.00000169. The zero-order valence-corrected chi connectivity index (χ0v) is 8.12. The molecular formula is C10H22N2O2. The molecule has 2 N–H and O–H groups in total. The van der Waals surface area contributed by atoms with E-state index in [4.69, 9.17) is 5.11 Å². The lowest BCUT2D eigenvalue weighted by Crippen LogP contribution is -2.42. The Morgan fingerprint density at radius 2 is 2.29 bits per heavy atom. The van der Waals surface area contributed by atoms with Crippen molar-refractivity contribution in [3.63, 3.8) is 0 Å². The minimum absolute atomic E-state index is 0. The van der Waals surface area contributed by atoms with Gasteiger partial charge in [-0.1, -0.05) is 27.2 Å². The number of nitrogens with one attached hydrogen (secondary N) is 1. The molecule has 1 heterocycles. The molecule has 1 unspecified atom stereocenters. The number of hydrogen-bond acceptors (Lipinski definition) is 3. The summed E-state index contributed by atoms with van der Waals surface area (Å²) >= 11 is 0. The summed E-state index contributed by atoms with van der Waals surface area (Å²) in [7, 11) is 0. The van der Waals surface area contributed by atoms with Gasteiger partial charge in [-0.15, -0.1) is 0 Å². The molecule has 1 aliphatic rings. The summed E-state index contributed by atoms with van der Waals surface area (Å²) in [6.45, 7) is 4.71. The number of carboxylic acid groups (broad SMARTS) is 1. The van der Waals surface area contributed by atoms with E-state index < -0.39 is 12.1 Å². The number of nitrogens with zero attached hydrogens (tertiary/aromatic N) is 1. The van der Waals surface area contributed by atoms with E-state index in [9.17, 15) is 4.79 Å². The zero-order valence-electron chi connectivity index (χ0n) is 8.12. The Hall–Kier alpha value is -0.610. The van der Waals surface area contributed by atoms with Crippen LogP contribution in [-0.4, -0.2) is 41.8 Å². The van der Waals surface area contributed by atoms with Crippen molar-refractivity contribution in [1.82, 2.24) is 10.2 Å². The average molecular weight is 202 g/mol. The minimum Gasteiger partial charge on any atom is -0.479 e. The van der Waals surface area contributed by atoms with Crippen molar-refractivity contribution in [3.8, 4) is 0 Å². The van der Waals surface area contributed by atoms with Gasteiger partial charge in [0.2, 0.25) is 0 Å². The highest BCUT2D eigenvalue weighted by Gasteiger charge is 2.28. The van der Waals surface area contributed by atoms with Crippen LogP contribution in [-0.2, 0) is 4.79 Å². The molecule has 0 aliphatic carbocycles. The molecule has 0 aromatic rings. The molecule has 1 fully saturated rings. The van der Waals surface area contributed by atoms with Gasteiger partial charge < -0.3 is 5.11 Å². The van der Waals surface area contributed by atoms with Gasteiger partial charge in [0, 0.05) is 19.6 Å². The van der Waals surface area contributed by atoms with Crippen LogP contribution in [0.1, 0.15) is 33.6 Å². The Kier molecular flexibility index (Phi) is 6.49.